The molecule has 0 aromatic heterocycles. The summed E-state index contributed by atoms with van der Waals surface area (Å²) in [6.07, 6.45) is 2.96. The molecule has 5 heteroatoms. The summed E-state index contributed by atoms with van der Waals surface area (Å²) in [7, 11) is 4.68. The van der Waals surface area contributed by atoms with Crippen LogP contribution in [-0.2, 0) is 0 Å². The molecule has 0 spiro atoms. The van der Waals surface area contributed by atoms with Crippen LogP contribution in [0.2, 0.25) is 0 Å². The molecule has 1 atom stereocenters. The van der Waals surface area contributed by atoms with Crippen molar-refractivity contribution >= 4 is 5.78 Å². The fourth-order valence-corrected chi connectivity index (χ4v) is 3.15. The molecule has 1 fully saturated rings. The molecule has 0 radical (unpaired) electrons. The molecule has 0 bridgehead atoms. The summed E-state index contributed by atoms with van der Waals surface area (Å²) in [5.41, 5.74) is 0.501. The predicted molar refractivity (Wildman–Crippen MR) is 89.9 cm³/mol. The Kier molecular flexibility index (Phi) is 6.28. The zero-order valence-electron chi connectivity index (χ0n) is 14.6. The highest BCUT2D eigenvalue weighted by atomic mass is 16.5. The quantitative estimate of drug-likeness (QED) is 0.723. The van der Waals surface area contributed by atoms with E-state index in [9.17, 15) is 4.79 Å². The Morgan fingerprint density at radius 3 is 2.35 bits per heavy atom. The first-order valence-corrected chi connectivity index (χ1v) is 8.14. The van der Waals surface area contributed by atoms with Crippen LogP contribution >= 0.6 is 0 Å². The van der Waals surface area contributed by atoms with Gasteiger partial charge in [-0.15, -0.1) is 0 Å². The highest BCUT2D eigenvalue weighted by Gasteiger charge is 2.22. The first-order chi connectivity index (χ1) is 11.1. The molecule has 1 aromatic carbocycles. The molecule has 0 N–H and O–H groups in total. The number of nitrogens with zero attached hydrogens (tertiary/aromatic N) is 1. The van der Waals surface area contributed by atoms with Gasteiger partial charge >= 0.3 is 0 Å². The van der Waals surface area contributed by atoms with Crippen molar-refractivity contribution in [3.8, 4) is 17.2 Å². The third-order valence-electron chi connectivity index (χ3n) is 4.39. The van der Waals surface area contributed by atoms with Crippen molar-refractivity contribution in [1.29, 1.82) is 0 Å². The summed E-state index contributed by atoms with van der Waals surface area (Å²) < 4.78 is 16.0. The Morgan fingerprint density at radius 1 is 1.17 bits per heavy atom. The molecular formula is C18H27NO4. The molecule has 23 heavy (non-hydrogen) atoms. The maximum atomic E-state index is 12.7. The van der Waals surface area contributed by atoms with Gasteiger partial charge in [0.05, 0.1) is 21.3 Å². The van der Waals surface area contributed by atoms with Gasteiger partial charge in [-0.2, -0.15) is 0 Å². The molecule has 2 rings (SSSR count). The summed E-state index contributed by atoms with van der Waals surface area (Å²) in [6, 6.07) is 3.44. The van der Waals surface area contributed by atoms with E-state index in [4.69, 9.17) is 14.2 Å². The second-order valence-electron chi connectivity index (χ2n) is 6.13. The molecule has 1 unspecified atom stereocenters. The van der Waals surface area contributed by atoms with Crippen LogP contribution in [0.5, 0.6) is 17.2 Å². The van der Waals surface area contributed by atoms with Crippen LogP contribution in [0.1, 0.15) is 36.5 Å². The van der Waals surface area contributed by atoms with Crippen LogP contribution in [-0.4, -0.2) is 51.6 Å². The number of hydrogen-bond acceptors (Lipinski definition) is 5. The van der Waals surface area contributed by atoms with Gasteiger partial charge in [0.2, 0.25) is 0 Å². The number of ketones is 1. The maximum Gasteiger partial charge on any atom is 0.171 e. The number of likely N-dealkylation sites (tertiary alicyclic amines) is 1. The number of benzene rings is 1. The van der Waals surface area contributed by atoms with E-state index in [1.807, 2.05) is 0 Å². The molecule has 1 aliphatic rings. The van der Waals surface area contributed by atoms with Crippen molar-refractivity contribution in [1.82, 2.24) is 4.90 Å². The standard InChI is InChI=1S/C18H27NO4/c1-13-6-5-8-19(12-13)9-7-15(20)18-16(22-3)10-14(21-2)11-17(18)23-4/h10-11,13H,5-9,12H2,1-4H3. The van der Waals surface area contributed by atoms with Crippen LogP contribution in [0.25, 0.3) is 0 Å². The number of methoxy groups -OCH3 is 3. The van der Waals surface area contributed by atoms with Crippen LogP contribution in [0.15, 0.2) is 12.1 Å². The minimum Gasteiger partial charge on any atom is -0.496 e. The van der Waals surface area contributed by atoms with Gasteiger partial charge in [0.1, 0.15) is 22.8 Å². The summed E-state index contributed by atoms with van der Waals surface area (Å²) in [5, 5.41) is 0. The molecule has 1 heterocycles. The lowest BCUT2D eigenvalue weighted by Crippen LogP contribution is -2.35. The SMILES string of the molecule is COc1cc(OC)c(C(=O)CCN2CCCC(C)C2)c(OC)c1. The van der Waals surface area contributed by atoms with Gasteiger partial charge in [0.15, 0.2) is 5.78 Å². The maximum absolute atomic E-state index is 12.7. The van der Waals surface area contributed by atoms with Gasteiger partial charge in [-0.3, -0.25) is 4.79 Å². The molecule has 1 aliphatic heterocycles. The average Bonchev–Trinajstić information content (AvgIpc) is 2.58. The average molecular weight is 321 g/mol. The summed E-state index contributed by atoms with van der Waals surface area (Å²) in [6.45, 7) is 5.20. The lowest BCUT2D eigenvalue weighted by Gasteiger charge is -2.30. The zero-order chi connectivity index (χ0) is 16.8. The van der Waals surface area contributed by atoms with E-state index in [2.05, 4.69) is 11.8 Å². The van der Waals surface area contributed by atoms with Gasteiger partial charge < -0.3 is 19.1 Å². The lowest BCUT2D eigenvalue weighted by molar-refractivity contribution is 0.0943. The number of hydrogen-bond donors (Lipinski definition) is 0. The normalized spacial score (nSPS) is 18.5. The van der Waals surface area contributed by atoms with E-state index >= 15 is 0 Å². The topological polar surface area (TPSA) is 48.0 Å². The van der Waals surface area contributed by atoms with Crippen LogP contribution in [0, 0.1) is 5.92 Å². The summed E-state index contributed by atoms with van der Waals surface area (Å²) in [4.78, 5) is 15.1. The van der Waals surface area contributed by atoms with Gasteiger partial charge in [0.25, 0.3) is 0 Å². The number of rotatable bonds is 7. The van der Waals surface area contributed by atoms with E-state index in [0.29, 0.717) is 35.2 Å². The van der Waals surface area contributed by atoms with Crippen molar-refractivity contribution in [3.05, 3.63) is 17.7 Å². The van der Waals surface area contributed by atoms with Crippen LogP contribution < -0.4 is 14.2 Å². The largest absolute Gasteiger partial charge is 0.496 e. The van der Waals surface area contributed by atoms with Crippen molar-refractivity contribution in [2.75, 3.05) is 41.0 Å². The van der Waals surface area contributed by atoms with Crippen LogP contribution in [0.3, 0.4) is 0 Å². The fraction of sp³-hybridized carbons (Fsp3) is 0.611. The molecule has 5 nitrogen and oxygen atoms in total. The Morgan fingerprint density at radius 2 is 1.83 bits per heavy atom. The zero-order valence-corrected chi connectivity index (χ0v) is 14.6. The molecule has 128 valence electrons. The van der Waals surface area contributed by atoms with Crippen molar-refractivity contribution in [2.24, 2.45) is 5.92 Å². The van der Waals surface area contributed by atoms with E-state index in [1.54, 1.807) is 33.5 Å². The minimum atomic E-state index is 0.0413. The van der Waals surface area contributed by atoms with Crippen molar-refractivity contribution < 1.29 is 19.0 Å². The number of piperidine rings is 1. The monoisotopic (exact) mass is 321 g/mol. The number of Topliss-reactive ketones (excluding diaryl/α,β-unsaturated/α-hetero) is 1. The molecule has 1 aromatic rings. The minimum absolute atomic E-state index is 0.0413. The highest BCUT2D eigenvalue weighted by molar-refractivity contribution is 6.01. The number of carbonyl (C=O) groups excluding carboxylic acids is 1. The number of carbonyl (C=O) groups is 1. The summed E-state index contributed by atoms with van der Waals surface area (Å²) >= 11 is 0. The van der Waals surface area contributed by atoms with E-state index < -0.39 is 0 Å². The van der Waals surface area contributed by atoms with Gasteiger partial charge in [-0.05, 0) is 25.3 Å². The second-order valence-corrected chi connectivity index (χ2v) is 6.13. The highest BCUT2D eigenvalue weighted by Crippen LogP contribution is 2.35. The Hall–Kier alpha value is -1.75. The first-order valence-electron chi connectivity index (χ1n) is 8.14. The van der Waals surface area contributed by atoms with Gasteiger partial charge in [0, 0.05) is 31.6 Å². The molecule has 0 aliphatic carbocycles. The smallest absolute Gasteiger partial charge is 0.171 e. The Balaban J connectivity index is 2.11. The predicted octanol–water partition coefficient (Wildman–Crippen LogP) is 3.02. The molecule has 1 saturated heterocycles. The van der Waals surface area contributed by atoms with Gasteiger partial charge in [-0.25, -0.2) is 0 Å². The Bertz CT molecular complexity index is 519. The van der Waals surface area contributed by atoms with Crippen molar-refractivity contribution in [3.63, 3.8) is 0 Å². The van der Waals surface area contributed by atoms with E-state index in [-0.39, 0.29) is 5.78 Å². The second kappa shape index (κ2) is 8.20. The molecule has 0 amide bonds. The van der Waals surface area contributed by atoms with E-state index in [0.717, 1.165) is 19.6 Å². The molecule has 0 saturated carbocycles. The Labute approximate surface area is 138 Å². The fourth-order valence-electron chi connectivity index (χ4n) is 3.15. The lowest BCUT2D eigenvalue weighted by atomic mass is 9.99. The number of ether oxygens (including phenoxy) is 3. The van der Waals surface area contributed by atoms with Crippen molar-refractivity contribution in [2.45, 2.75) is 26.2 Å². The third-order valence-corrected chi connectivity index (χ3v) is 4.39. The first kappa shape index (κ1) is 17.6. The summed E-state index contributed by atoms with van der Waals surface area (Å²) in [5.74, 6) is 2.36. The third kappa shape index (κ3) is 4.38. The van der Waals surface area contributed by atoms with Crippen LogP contribution in [0.4, 0.5) is 0 Å². The van der Waals surface area contributed by atoms with Gasteiger partial charge in [-0.1, -0.05) is 6.92 Å². The van der Waals surface area contributed by atoms with E-state index in [1.165, 1.54) is 12.8 Å². The molecular weight excluding hydrogens is 294 g/mol.